The highest BCUT2D eigenvalue weighted by Crippen LogP contribution is 2.33. The number of ether oxygens (including phenoxy) is 1. The highest BCUT2D eigenvalue weighted by molar-refractivity contribution is 5.66. The molecule has 1 aromatic heterocycles. The normalized spacial score (nSPS) is 24.8. The van der Waals surface area contributed by atoms with Gasteiger partial charge in [-0.3, -0.25) is 4.79 Å². The second kappa shape index (κ2) is 4.21. The van der Waals surface area contributed by atoms with Crippen molar-refractivity contribution in [1.29, 1.82) is 0 Å². The molecule has 16 heavy (non-hydrogen) atoms. The lowest BCUT2D eigenvalue weighted by atomic mass is 10.0. The quantitative estimate of drug-likeness (QED) is 0.827. The van der Waals surface area contributed by atoms with Crippen molar-refractivity contribution in [3.63, 3.8) is 0 Å². The van der Waals surface area contributed by atoms with E-state index < -0.39 is 11.6 Å². The molecular weight excluding hydrogens is 212 g/mol. The number of aromatic nitrogens is 2. The third kappa shape index (κ3) is 2.21. The molecule has 0 saturated carbocycles. The third-order valence-corrected chi connectivity index (χ3v) is 2.71. The van der Waals surface area contributed by atoms with Crippen LogP contribution in [0.3, 0.4) is 0 Å². The molecule has 0 amide bonds. The van der Waals surface area contributed by atoms with Gasteiger partial charge in [-0.05, 0) is 19.8 Å². The first kappa shape index (κ1) is 11.1. The highest BCUT2D eigenvalue weighted by Gasteiger charge is 2.36. The van der Waals surface area contributed by atoms with E-state index in [1.807, 2.05) is 6.92 Å². The van der Waals surface area contributed by atoms with Crippen LogP contribution in [0.2, 0.25) is 0 Å². The fourth-order valence-corrected chi connectivity index (χ4v) is 1.74. The van der Waals surface area contributed by atoms with Crippen LogP contribution < -0.4 is 0 Å². The van der Waals surface area contributed by atoms with Crippen molar-refractivity contribution in [2.75, 3.05) is 6.61 Å². The van der Waals surface area contributed by atoms with E-state index in [0.717, 1.165) is 12.8 Å². The summed E-state index contributed by atoms with van der Waals surface area (Å²) in [6.45, 7) is 2.63. The summed E-state index contributed by atoms with van der Waals surface area (Å²) in [4.78, 5) is 14.6. The first-order valence-electron chi connectivity index (χ1n) is 5.29. The monoisotopic (exact) mass is 226 g/mol. The number of aliphatic carboxylic acids is 1. The zero-order valence-corrected chi connectivity index (χ0v) is 9.10. The molecule has 1 atom stereocenters. The number of carboxylic acids is 1. The number of carboxylic acid groups (broad SMARTS) is 1. The van der Waals surface area contributed by atoms with Crippen molar-refractivity contribution in [1.82, 2.24) is 10.1 Å². The summed E-state index contributed by atoms with van der Waals surface area (Å²) in [6, 6.07) is 0. The first-order valence-corrected chi connectivity index (χ1v) is 5.29. The molecule has 1 saturated heterocycles. The van der Waals surface area contributed by atoms with Crippen LogP contribution in [-0.2, 0) is 21.6 Å². The Balaban J connectivity index is 2.04. The average Bonchev–Trinajstić information content (AvgIpc) is 2.84. The number of aryl methyl sites for hydroxylation is 1. The van der Waals surface area contributed by atoms with Crippen molar-refractivity contribution in [2.45, 2.75) is 38.2 Å². The molecule has 6 nitrogen and oxygen atoms in total. The Hall–Kier alpha value is -1.43. The maximum absolute atomic E-state index is 10.4. The second-order valence-corrected chi connectivity index (χ2v) is 4.09. The smallest absolute Gasteiger partial charge is 0.303 e. The topological polar surface area (TPSA) is 85.5 Å². The van der Waals surface area contributed by atoms with Gasteiger partial charge in [0.05, 0.1) is 6.42 Å². The largest absolute Gasteiger partial charge is 0.481 e. The van der Waals surface area contributed by atoms with E-state index >= 15 is 0 Å². The van der Waals surface area contributed by atoms with E-state index in [4.69, 9.17) is 14.4 Å². The maximum Gasteiger partial charge on any atom is 0.303 e. The van der Waals surface area contributed by atoms with Crippen molar-refractivity contribution >= 4 is 5.97 Å². The summed E-state index contributed by atoms with van der Waals surface area (Å²) in [5.41, 5.74) is -0.467. The van der Waals surface area contributed by atoms with Gasteiger partial charge >= 0.3 is 5.97 Å². The molecule has 1 aromatic rings. The molecule has 1 N–H and O–H groups in total. The van der Waals surface area contributed by atoms with Gasteiger partial charge in [-0.25, -0.2) is 0 Å². The van der Waals surface area contributed by atoms with Crippen LogP contribution in [0.1, 0.15) is 37.9 Å². The molecule has 2 rings (SSSR count). The molecule has 0 spiro atoms. The molecule has 2 heterocycles. The SMILES string of the molecule is CC1(c2noc(CCC(=O)O)n2)CCCO1. The minimum Gasteiger partial charge on any atom is -0.481 e. The first-order chi connectivity index (χ1) is 7.60. The van der Waals surface area contributed by atoms with Gasteiger partial charge in [0, 0.05) is 13.0 Å². The van der Waals surface area contributed by atoms with Gasteiger partial charge in [0.2, 0.25) is 11.7 Å². The molecular formula is C10H14N2O4. The summed E-state index contributed by atoms with van der Waals surface area (Å²) in [6.07, 6.45) is 2.11. The zero-order chi connectivity index (χ0) is 11.6. The van der Waals surface area contributed by atoms with Gasteiger partial charge in [-0.15, -0.1) is 0 Å². The van der Waals surface area contributed by atoms with Crippen molar-refractivity contribution in [3.8, 4) is 0 Å². The Bertz CT molecular complexity index is 382. The Kier molecular flexibility index (Phi) is 2.91. The molecule has 0 aromatic carbocycles. The summed E-state index contributed by atoms with van der Waals surface area (Å²) in [7, 11) is 0. The second-order valence-electron chi connectivity index (χ2n) is 4.09. The lowest BCUT2D eigenvalue weighted by Crippen LogP contribution is -2.21. The molecule has 6 heteroatoms. The standard InChI is InChI=1S/C10H14N2O4/c1-10(5-2-6-15-10)9-11-7(16-12-9)3-4-8(13)14/h2-6H2,1H3,(H,13,14). The summed E-state index contributed by atoms with van der Waals surface area (Å²) >= 11 is 0. The van der Waals surface area contributed by atoms with Crippen molar-refractivity contribution < 1.29 is 19.2 Å². The fourth-order valence-electron chi connectivity index (χ4n) is 1.74. The van der Waals surface area contributed by atoms with E-state index in [1.54, 1.807) is 0 Å². The average molecular weight is 226 g/mol. The van der Waals surface area contributed by atoms with Gasteiger partial charge in [0.15, 0.2) is 0 Å². The summed E-state index contributed by atoms with van der Waals surface area (Å²) in [5.74, 6) is 0.00240. The summed E-state index contributed by atoms with van der Waals surface area (Å²) in [5, 5.41) is 12.4. The molecule has 1 unspecified atom stereocenters. The van der Waals surface area contributed by atoms with Crippen LogP contribution in [0.15, 0.2) is 4.52 Å². The van der Waals surface area contributed by atoms with Crippen LogP contribution in [0.5, 0.6) is 0 Å². The number of nitrogens with zero attached hydrogens (tertiary/aromatic N) is 2. The highest BCUT2D eigenvalue weighted by atomic mass is 16.5. The lowest BCUT2D eigenvalue weighted by molar-refractivity contribution is -0.137. The predicted molar refractivity (Wildman–Crippen MR) is 52.8 cm³/mol. The van der Waals surface area contributed by atoms with Crippen LogP contribution in [-0.4, -0.2) is 27.8 Å². The molecule has 0 aliphatic carbocycles. The third-order valence-electron chi connectivity index (χ3n) is 2.71. The minimum absolute atomic E-state index is 0.000789. The molecule has 1 aliphatic rings. The number of carbonyl (C=O) groups is 1. The number of hydrogen-bond acceptors (Lipinski definition) is 5. The molecule has 0 radical (unpaired) electrons. The van der Waals surface area contributed by atoms with Gasteiger partial charge in [-0.2, -0.15) is 4.98 Å². The van der Waals surface area contributed by atoms with Crippen LogP contribution >= 0.6 is 0 Å². The van der Waals surface area contributed by atoms with Gasteiger partial charge in [0.25, 0.3) is 0 Å². The van der Waals surface area contributed by atoms with Crippen molar-refractivity contribution in [3.05, 3.63) is 11.7 Å². The van der Waals surface area contributed by atoms with Crippen LogP contribution in [0.4, 0.5) is 0 Å². The summed E-state index contributed by atoms with van der Waals surface area (Å²) < 4.78 is 10.6. The maximum atomic E-state index is 10.4. The van der Waals surface area contributed by atoms with E-state index in [-0.39, 0.29) is 12.8 Å². The Morgan fingerprint density at radius 1 is 1.62 bits per heavy atom. The van der Waals surface area contributed by atoms with Gasteiger partial charge in [-0.1, -0.05) is 5.16 Å². The zero-order valence-electron chi connectivity index (χ0n) is 9.10. The number of hydrogen-bond donors (Lipinski definition) is 1. The number of rotatable bonds is 4. The molecule has 0 bridgehead atoms. The Morgan fingerprint density at radius 3 is 3.06 bits per heavy atom. The van der Waals surface area contributed by atoms with Crippen LogP contribution in [0.25, 0.3) is 0 Å². The van der Waals surface area contributed by atoms with E-state index in [9.17, 15) is 4.79 Å². The van der Waals surface area contributed by atoms with E-state index in [2.05, 4.69) is 10.1 Å². The van der Waals surface area contributed by atoms with E-state index in [1.165, 1.54) is 0 Å². The Labute approximate surface area is 92.6 Å². The lowest BCUT2D eigenvalue weighted by Gasteiger charge is -2.17. The van der Waals surface area contributed by atoms with Crippen molar-refractivity contribution in [2.24, 2.45) is 0 Å². The molecule has 1 fully saturated rings. The predicted octanol–water partition coefficient (Wildman–Crippen LogP) is 1.11. The van der Waals surface area contributed by atoms with Gasteiger partial charge < -0.3 is 14.4 Å². The minimum atomic E-state index is -0.872. The fraction of sp³-hybridized carbons (Fsp3) is 0.700. The molecule has 1 aliphatic heterocycles. The van der Waals surface area contributed by atoms with Gasteiger partial charge in [0.1, 0.15) is 5.60 Å². The van der Waals surface area contributed by atoms with Crippen LogP contribution in [0, 0.1) is 0 Å². The van der Waals surface area contributed by atoms with E-state index in [0.29, 0.717) is 18.3 Å². The Morgan fingerprint density at radius 2 is 2.44 bits per heavy atom. The molecule has 88 valence electrons.